The molecule has 2 atom stereocenters. The average molecular weight is 550 g/mol. The molecule has 0 saturated heterocycles. The molecule has 0 radical (unpaired) electrons. The molecule has 1 aliphatic carbocycles. The smallest absolute Gasteiger partial charge is 0.289 e. The van der Waals surface area contributed by atoms with Crippen LogP contribution >= 0.6 is 11.3 Å². The number of amides is 4. The maximum absolute atomic E-state index is 13.2. The molecule has 1 aliphatic rings. The van der Waals surface area contributed by atoms with Crippen LogP contribution in [0, 0.1) is 5.92 Å². The van der Waals surface area contributed by atoms with Crippen molar-refractivity contribution in [1.82, 2.24) is 26.3 Å². The summed E-state index contributed by atoms with van der Waals surface area (Å²) in [5.41, 5.74) is 0.664. The lowest BCUT2D eigenvalue weighted by Crippen LogP contribution is -2.55. The van der Waals surface area contributed by atoms with Crippen molar-refractivity contribution in [1.29, 1.82) is 0 Å². The van der Waals surface area contributed by atoms with Gasteiger partial charge in [0.05, 0.1) is 13.0 Å². The Balaban J connectivity index is 1.70. The van der Waals surface area contributed by atoms with Gasteiger partial charge in [0.25, 0.3) is 5.91 Å². The number of hydrogen-bond acceptors (Lipinski definition) is 7. The van der Waals surface area contributed by atoms with Gasteiger partial charge in [-0.1, -0.05) is 30.3 Å². The van der Waals surface area contributed by atoms with Gasteiger partial charge in [-0.2, -0.15) is 0 Å². The number of rotatable bonds is 13. The van der Waals surface area contributed by atoms with Gasteiger partial charge in [-0.15, -0.1) is 11.3 Å². The number of carbonyl (C=O) groups excluding carboxylic acids is 5. The monoisotopic (exact) mass is 549 g/mol. The topological polar surface area (TPSA) is 146 Å². The molecule has 1 aromatic carbocycles. The first-order valence-electron chi connectivity index (χ1n) is 12.0. The van der Waals surface area contributed by atoms with Crippen LogP contribution in [0.5, 0.6) is 0 Å². The van der Waals surface area contributed by atoms with Crippen LogP contribution in [-0.2, 0) is 36.9 Å². The van der Waals surface area contributed by atoms with Crippen LogP contribution in [0.15, 0.2) is 41.9 Å². The molecule has 0 bridgehead atoms. The Labute approximate surface area is 222 Å². The quantitative estimate of drug-likeness (QED) is 0.276. The minimum absolute atomic E-state index is 0.0200. The number of Topliss-reactive ketones (excluding diaryl/α,β-unsaturated/α-hetero) is 1. The lowest BCUT2D eigenvalue weighted by molar-refractivity contribution is -0.141. The second kappa shape index (κ2) is 13.2. The molecule has 0 aliphatic heterocycles. The largest absolute Gasteiger partial charge is 0.359 e. The standard InChI is InChI=1S/C25H29F2N5O5S/c1-28-19(33)11-18(31-20(34)10-16-12-25(26,27)13-16)23(36)32-17(9-15-5-3-2-4-6-15)22(35)24(37)30-14-21-29-7-8-38-21/h2-8,16-18H,9-14H2,1H3,(H,28,33)(H,30,37)(H,31,34)(H,32,36)/t17-,18-/m1/s1. The zero-order valence-corrected chi connectivity index (χ0v) is 21.5. The molecule has 2 aromatic rings. The van der Waals surface area contributed by atoms with E-state index in [9.17, 15) is 32.8 Å². The van der Waals surface area contributed by atoms with E-state index < -0.39 is 72.6 Å². The van der Waals surface area contributed by atoms with Crippen molar-refractivity contribution < 1.29 is 32.8 Å². The summed E-state index contributed by atoms with van der Waals surface area (Å²) in [5, 5.41) is 12.1. The van der Waals surface area contributed by atoms with Crippen molar-refractivity contribution >= 4 is 40.7 Å². The van der Waals surface area contributed by atoms with Crippen LogP contribution in [0.3, 0.4) is 0 Å². The lowest BCUT2D eigenvalue weighted by Gasteiger charge is -2.34. The van der Waals surface area contributed by atoms with E-state index in [2.05, 4.69) is 26.3 Å². The van der Waals surface area contributed by atoms with Crippen molar-refractivity contribution in [3.05, 3.63) is 52.5 Å². The third-order valence-electron chi connectivity index (χ3n) is 5.99. The van der Waals surface area contributed by atoms with Gasteiger partial charge in [0.1, 0.15) is 17.1 Å². The Morgan fingerprint density at radius 1 is 1.05 bits per heavy atom. The van der Waals surface area contributed by atoms with E-state index >= 15 is 0 Å². The van der Waals surface area contributed by atoms with E-state index in [4.69, 9.17) is 0 Å². The minimum Gasteiger partial charge on any atom is -0.359 e. The van der Waals surface area contributed by atoms with E-state index in [0.29, 0.717) is 10.6 Å². The van der Waals surface area contributed by atoms with E-state index in [-0.39, 0.29) is 19.4 Å². The number of halogens is 2. The molecule has 1 heterocycles. The molecule has 38 heavy (non-hydrogen) atoms. The van der Waals surface area contributed by atoms with Crippen LogP contribution in [0.2, 0.25) is 0 Å². The number of thiazole rings is 1. The van der Waals surface area contributed by atoms with Gasteiger partial charge in [0, 0.05) is 44.3 Å². The number of ketones is 1. The third kappa shape index (κ3) is 8.68. The van der Waals surface area contributed by atoms with E-state index in [0.717, 1.165) is 0 Å². The Morgan fingerprint density at radius 2 is 1.76 bits per heavy atom. The van der Waals surface area contributed by atoms with Crippen LogP contribution in [0.25, 0.3) is 0 Å². The predicted octanol–water partition coefficient (Wildman–Crippen LogP) is 1.11. The molecular formula is C25H29F2N5O5S. The van der Waals surface area contributed by atoms with Gasteiger partial charge in [-0.25, -0.2) is 13.8 Å². The minimum atomic E-state index is -2.80. The Bertz CT molecular complexity index is 1140. The fraction of sp³-hybridized carbons (Fsp3) is 0.440. The summed E-state index contributed by atoms with van der Waals surface area (Å²) >= 11 is 1.30. The number of benzene rings is 1. The van der Waals surface area contributed by atoms with E-state index in [1.807, 2.05) is 0 Å². The molecule has 4 amide bonds. The summed E-state index contributed by atoms with van der Waals surface area (Å²) in [6.07, 6.45) is 0.0285. The molecule has 10 nitrogen and oxygen atoms in total. The fourth-order valence-electron chi connectivity index (χ4n) is 4.01. The highest BCUT2D eigenvalue weighted by Crippen LogP contribution is 2.43. The normalized spacial score (nSPS) is 15.9. The molecule has 0 unspecified atom stereocenters. The van der Waals surface area contributed by atoms with Crippen molar-refractivity contribution in [3.63, 3.8) is 0 Å². The summed E-state index contributed by atoms with van der Waals surface area (Å²) in [7, 11) is 1.35. The highest BCUT2D eigenvalue weighted by molar-refractivity contribution is 7.09. The summed E-state index contributed by atoms with van der Waals surface area (Å²) in [4.78, 5) is 67.3. The fourth-order valence-corrected chi connectivity index (χ4v) is 4.57. The summed E-state index contributed by atoms with van der Waals surface area (Å²) in [6.45, 7) is 0.0316. The van der Waals surface area contributed by atoms with Gasteiger partial charge in [0.15, 0.2) is 0 Å². The van der Waals surface area contributed by atoms with Gasteiger partial charge < -0.3 is 21.3 Å². The second-order valence-electron chi connectivity index (χ2n) is 9.06. The Morgan fingerprint density at radius 3 is 2.37 bits per heavy atom. The molecule has 1 aromatic heterocycles. The molecule has 4 N–H and O–H groups in total. The van der Waals surface area contributed by atoms with E-state index in [1.165, 1.54) is 18.4 Å². The van der Waals surface area contributed by atoms with Crippen molar-refractivity contribution in [3.8, 4) is 0 Å². The number of aromatic nitrogens is 1. The van der Waals surface area contributed by atoms with Gasteiger partial charge >= 0.3 is 0 Å². The van der Waals surface area contributed by atoms with Gasteiger partial charge in [-0.05, 0) is 11.5 Å². The Kier molecular flexibility index (Phi) is 9.99. The Hall–Kier alpha value is -3.74. The first-order valence-corrected chi connectivity index (χ1v) is 12.9. The summed E-state index contributed by atoms with van der Waals surface area (Å²) in [5.74, 6) is -7.26. The molecule has 1 saturated carbocycles. The number of hydrogen-bond donors (Lipinski definition) is 4. The second-order valence-corrected chi connectivity index (χ2v) is 10.0. The number of alkyl halides is 2. The van der Waals surface area contributed by atoms with Crippen LogP contribution < -0.4 is 21.3 Å². The van der Waals surface area contributed by atoms with Crippen molar-refractivity contribution in [2.24, 2.45) is 5.92 Å². The molecule has 13 heteroatoms. The summed E-state index contributed by atoms with van der Waals surface area (Å²) < 4.78 is 26.3. The SMILES string of the molecule is CNC(=O)C[C@@H](NC(=O)CC1CC(F)(F)C1)C(=O)N[C@H](Cc1ccccc1)C(=O)C(=O)NCc1nccs1. The third-order valence-corrected chi connectivity index (χ3v) is 6.77. The lowest BCUT2D eigenvalue weighted by atomic mass is 9.79. The number of nitrogens with zero attached hydrogens (tertiary/aromatic N) is 1. The predicted molar refractivity (Wildman–Crippen MR) is 134 cm³/mol. The van der Waals surface area contributed by atoms with Gasteiger partial charge in [0.2, 0.25) is 29.4 Å². The number of carbonyl (C=O) groups is 5. The van der Waals surface area contributed by atoms with Crippen LogP contribution in [0.1, 0.15) is 36.3 Å². The molecule has 0 spiro atoms. The van der Waals surface area contributed by atoms with Crippen LogP contribution in [0.4, 0.5) is 8.78 Å². The summed E-state index contributed by atoms with van der Waals surface area (Å²) in [6, 6.07) is 6.01. The van der Waals surface area contributed by atoms with Crippen molar-refractivity contribution in [2.45, 2.75) is 56.7 Å². The van der Waals surface area contributed by atoms with Gasteiger partial charge in [-0.3, -0.25) is 24.0 Å². The molecule has 204 valence electrons. The first kappa shape index (κ1) is 28.8. The molecule has 3 rings (SSSR count). The maximum Gasteiger partial charge on any atom is 0.289 e. The zero-order chi connectivity index (χ0) is 27.7. The highest BCUT2D eigenvalue weighted by atomic mass is 32.1. The van der Waals surface area contributed by atoms with Crippen molar-refractivity contribution in [2.75, 3.05) is 7.05 Å². The first-order chi connectivity index (χ1) is 18.1. The highest BCUT2D eigenvalue weighted by Gasteiger charge is 2.46. The molecule has 1 fully saturated rings. The average Bonchev–Trinajstić information content (AvgIpc) is 3.39. The van der Waals surface area contributed by atoms with E-state index in [1.54, 1.807) is 41.9 Å². The van der Waals surface area contributed by atoms with Crippen LogP contribution in [-0.4, -0.2) is 59.4 Å². The molecular weight excluding hydrogens is 520 g/mol. The zero-order valence-electron chi connectivity index (χ0n) is 20.7. The maximum atomic E-state index is 13.2. The number of nitrogens with one attached hydrogen (secondary N) is 4.